The fourth-order valence-electron chi connectivity index (χ4n) is 4.31. The molecular formula is C32H54N4O12. The molecule has 0 saturated carbocycles. The third kappa shape index (κ3) is 23.9. The van der Waals surface area contributed by atoms with E-state index < -0.39 is 41.6 Å². The molecule has 48 heavy (non-hydrogen) atoms. The first kappa shape index (κ1) is 44.7. The van der Waals surface area contributed by atoms with Gasteiger partial charge in [-0.05, 0) is 34.1 Å². The molecule has 0 radical (unpaired) electrons. The number of nitrogens with one attached hydrogen (secondary N) is 2. The van der Waals surface area contributed by atoms with E-state index in [2.05, 4.69) is 10.6 Å². The highest BCUT2D eigenvalue weighted by Gasteiger charge is 2.27. The van der Waals surface area contributed by atoms with Crippen molar-refractivity contribution in [2.24, 2.45) is 17.4 Å². The molecule has 0 spiro atoms. The van der Waals surface area contributed by atoms with Crippen LogP contribution in [0.1, 0.15) is 72.6 Å². The monoisotopic (exact) mass is 686 g/mol. The smallest absolute Gasteiger partial charge is 0.237 e. The van der Waals surface area contributed by atoms with Crippen molar-refractivity contribution < 1.29 is 57.3 Å². The lowest BCUT2D eigenvalue weighted by Crippen LogP contribution is -2.49. The molecule has 6 N–H and O–H groups in total. The van der Waals surface area contributed by atoms with Crippen LogP contribution in [0.25, 0.3) is 0 Å². The van der Waals surface area contributed by atoms with E-state index in [-0.39, 0.29) is 93.8 Å². The number of hydrogen-bond acceptors (Lipinski definition) is 14. The Bertz CT molecular complexity index is 986. The van der Waals surface area contributed by atoms with Gasteiger partial charge in [0.1, 0.15) is 23.1 Å². The van der Waals surface area contributed by atoms with E-state index in [9.17, 15) is 38.4 Å². The molecule has 0 bridgehead atoms. The first-order valence-corrected chi connectivity index (χ1v) is 16.1. The Morgan fingerprint density at radius 1 is 0.521 bits per heavy atom. The second kappa shape index (κ2) is 26.6. The van der Waals surface area contributed by atoms with Crippen LogP contribution in [-0.4, -0.2) is 124 Å². The van der Waals surface area contributed by atoms with Crippen molar-refractivity contribution in [3.63, 3.8) is 0 Å². The molecule has 0 aliphatic rings. The van der Waals surface area contributed by atoms with Gasteiger partial charge in [0, 0.05) is 51.7 Å². The molecular weight excluding hydrogens is 632 g/mol. The second-order valence-corrected chi connectivity index (χ2v) is 11.6. The number of ether oxygens (including phenoxy) is 4. The zero-order valence-electron chi connectivity index (χ0n) is 28.7. The maximum Gasteiger partial charge on any atom is 0.237 e. The van der Waals surface area contributed by atoms with Crippen LogP contribution in [0.4, 0.5) is 0 Å². The van der Waals surface area contributed by atoms with Gasteiger partial charge in [-0.2, -0.15) is 0 Å². The Labute approximate surface area is 282 Å². The summed E-state index contributed by atoms with van der Waals surface area (Å²) in [5, 5.41) is 5.11. The van der Waals surface area contributed by atoms with Crippen LogP contribution in [0, 0.1) is 5.92 Å². The third-order valence-electron chi connectivity index (χ3n) is 6.69. The Hall–Kier alpha value is -3.28. The SMILES string of the molecule is CC(=O)C[C@H](CC(=O)[C@@H](N)CC(C)=O)C(=O)NCCOCCOCCOCCOCCCC(=O)[C@H](CC(C)=O)NC(=O)[C@@H](N)CC(C)=O. The number of carbonyl (C=O) groups is 8. The molecule has 0 heterocycles. The van der Waals surface area contributed by atoms with E-state index in [0.29, 0.717) is 39.5 Å². The predicted octanol–water partition coefficient (Wildman–Crippen LogP) is -0.850. The van der Waals surface area contributed by atoms with Crippen molar-refractivity contribution >= 4 is 46.5 Å². The minimum absolute atomic E-state index is 0.0864. The molecule has 0 aromatic heterocycles. The van der Waals surface area contributed by atoms with Crippen LogP contribution < -0.4 is 22.1 Å². The van der Waals surface area contributed by atoms with Gasteiger partial charge in [-0.3, -0.25) is 33.6 Å². The van der Waals surface area contributed by atoms with Gasteiger partial charge in [0.25, 0.3) is 0 Å². The lowest BCUT2D eigenvalue weighted by molar-refractivity contribution is -0.133. The first-order valence-electron chi connectivity index (χ1n) is 16.1. The summed E-state index contributed by atoms with van der Waals surface area (Å²) in [6.45, 7) is 7.73. The highest BCUT2D eigenvalue weighted by atomic mass is 16.6. The van der Waals surface area contributed by atoms with Gasteiger partial charge in [-0.15, -0.1) is 0 Å². The molecule has 0 fully saturated rings. The molecule has 0 saturated heterocycles. The van der Waals surface area contributed by atoms with Crippen LogP contribution in [0.15, 0.2) is 0 Å². The van der Waals surface area contributed by atoms with Gasteiger partial charge in [0.15, 0.2) is 11.6 Å². The highest BCUT2D eigenvalue weighted by molar-refractivity contribution is 5.96. The largest absolute Gasteiger partial charge is 0.379 e. The lowest BCUT2D eigenvalue weighted by atomic mass is 9.92. The van der Waals surface area contributed by atoms with Gasteiger partial charge >= 0.3 is 0 Å². The summed E-state index contributed by atoms with van der Waals surface area (Å²) < 4.78 is 21.7. The number of amides is 2. The first-order chi connectivity index (χ1) is 22.6. The fourth-order valence-corrected chi connectivity index (χ4v) is 4.31. The summed E-state index contributed by atoms with van der Waals surface area (Å²) in [7, 11) is 0. The zero-order chi connectivity index (χ0) is 36.5. The quantitative estimate of drug-likeness (QED) is 0.0649. The average molecular weight is 687 g/mol. The number of ketones is 6. The predicted molar refractivity (Wildman–Crippen MR) is 173 cm³/mol. The average Bonchev–Trinajstić information content (AvgIpc) is 2.98. The highest BCUT2D eigenvalue weighted by Crippen LogP contribution is 2.13. The Morgan fingerprint density at radius 3 is 1.48 bits per heavy atom. The Kier molecular flexibility index (Phi) is 24.8. The molecule has 0 aliphatic carbocycles. The van der Waals surface area contributed by atoms with Crippen LogP contribution in [0.3, 0.4) is 0 Å². The standard InChI is InChI=1S/C32H54N4O12/c1-21(37)16-25(20-30(42)26(33)17-22(2)38)31(43)35-7-9-46-11-13-48-15-14-47-12-10-45-8-5-6-29(41)28(19-24(4)40)36-32(44)27(34)18-23(3)39/h25-28H,5-20,33-34H2,1-4H3,(H,35,43)(H,36,44)/t25-,26+,27+,28+/m1/s1. The Morgan fingerprint density at radius 2 is 0.979 bits per heavy atom. The molecule has 4 atom stereocenters. The van der Waals surface area contributed by atoms with Crippen LogP contribution in [0.2, 0.25) is 0 Å². The van der Waals surface area contributed by atoms with Gasteiger partial charge < -0.3 is 45.8 Å². The molecule has 0 unspecified atom stereocenters. The van der Waals surface area contributed by atoms with E-state index in [1.54, 1.807) is 0 Å². The number of nitrogens with two attached hydrogens (primary N) is 2. The minimum atomic E-state index is -1.09. The molecule has 0 aromatic rings. The van der Waals surface area contributed by atoms with Crippen molar-refractivity contribution in [2.45, 2.75) is 90.8 Å². The van der Waals surface area contributed by atoms with Crippen molar-refractivity contribution in [1.29, 1.82) is 0 Å². The van der Waals surface area contributed by atoms with E-state index in [4.69, 9.17) is 30.4 Å². The van der Waals surface area contributed by atoms with Crippen LogP contribution in [0.5, 0.6) is 0 Å². The Balaban J connectivity index is 3.98. The van der Waals surface area contributed by atoms with E-state index in [0.717, 1.165) is 0 Å². The summed E-state index contributed by atoms with van der Waals surface area (Å²) >= 11 is 0. The molecule has 274 valence electrons. The molecule has 0 rings (SSSR count). The van der Waals surface area contributed by atoms with Crippen molar-refractivity contribution in [2.75, 3.05) is 59.4 Å². The van der Waals surface area contributed by atoms with Crippen LogP contribution in [-0.2, 0) is 57.3 Å². The van der Waals surface area contributed by atoms with E-state index >= 15 is 0 Å². The minimum Gasteiger partial charge on any atom is -0.379 e. The summed E-state index contributed by atoms with van der Waals surface area (Å²) in [6.07, 6.45) is -0.304. The van der Waals surface area contributed by atoms with Crippen molar-refractivity contribution in [3.05, 3.63) is 0 Å². The van der Waals surface area contributed by atoms with Crippen molar-refractivity contribution in [3.8, 4) is 0 Å². The summed E-state index contributed by atoms with van der Waals surface area (Å²) in [6, 6.07) is -3.10. The zero-order valence-corrected chi connectivity index (χ0v) is 28.7. The molecule has 16 heteroatoms. The van der Waals surface area contributed by atoms with E-state index in [1.807, 2.05) is 0 Å². The number of carbonyl (C=O) groups excluding carboxylic acids is 8. The van der Waals surface area contributed by atoms with E-state index in [1.165, 1.54) is 27.7 Å². The summed E-state index contributed by atoms with van der Waals surface area (Å²) in [4.78, 5) is 94.9. The second-order valence-electron chi connectivity index (χ2n) is 11.6. The number of rotatable bonds is 31. The van der Waals surface area contributed by atoms with Gasteiger partial charge in [-0.1, -0.05) is 0 Å². The molecule has 2 amide bonds. The number of hydrogen-bond donors (Lipinski definition) is 4. The molecule has 0 aliphatic heterocycles. The lowest BCUT2D eigenvalue weighted by Gasteiger charge is -2.19. The maximum atomic E-state index is 12.5. The summed E-state index contributed by atoms with van der Waals surface area (Å²) in [5.74, 6) is -3.76. The van der Waals surface area contributed by atoms with Crippen LogP contribution >= 0.6 is 0 Å². The summed E-state index contributed by atoms with van der Waals surface area (Å²) in [5.41, 5.74) is 11.4. The van der Waals surface area contributed by atoms with Crippen molar-refractivity contribution in [1.82, 2.24) is 10.6 Å². The van der Waals surface area contributed by atoms with Gasteiger partial charge in [-0.25, -0.2) is 0 Å². The van der Waals surface area contributed by atoms with Gasteiger partial charge in [0.05, 0.1) is 70.3 Å². The maximum absolute atomic E-state index is 12.5. The topological polar surface area (TPSA) is 250 Å². The normalized spacial score (nSPS) is 13.5. The molecule has 0 aromatic carbocycles. The molecule has 16 nitrogen and oxygen atoms in total. The van der Waals surface area contributed by atoms with Gasteiger partial charge in [0.2, 0.25) is 11.8 Å². The third-order valence-corrected chi connectivity index (χ3v) is 6.69. The fraction of sp³-hybridized carbons (Fsp3) is 0.750. The number of Topliss-reactive ketones (excluding diaryl/α,β-unsaturated/α-hetero) is 6.